The van der Waals surface area contributed by atoms with E-state index in [0.717, 1.165) is 6.42 Å². The van der Waals surface area contributed by atoms with E-state index >= 15 is 0 Å². The minimum Gasteiger partial charge on any atom is -0.325 e. The van der Waals surface area contributed by atoms with Gasteiger partial charge in [-0.05, 0) is 58.7 Å². The minimum atomic E-state index is 0.0140. The summed E-state index contributed by atoms with van der Waals surface area (Å²) in [6, 6.07) is 2.04. The Morgan fingerprint density at radius 2 is 2.14 bits per heavy atom. The van der Waals surface area contributed by atoms with Gasteiger partial charge in [-0.3, -0.25) is 4.79 Å². The molecule has 0 bridgehead atoms. The van der Waals surface area contributed by atoms with Crippen molar-refractivity contribution < 1.29 is 0 Å². The lowest BCUT2D eigenvalue weighted by Crippen LogP contribution is -2.31. The molecule has 0 atom stereocenters. The first kappa shape index (κ1) is 8.72. The summed E-state index contributed by atoms with van der Waals surface area (Å²) in [5, 5.41) is 0. The molecule has 0 aliphatic heterocycles. The molecule has 2 aliphatic carbocycles. The van der Waals surface area contributed by atoms with E-state index < -0.39 is 0 Å². The molecule has 74 valence electrons. The zero-order valence-electron chi connectivity index (χ0n) is 7.90. The number of nitrogens with one attached hydrogen (secondary N) is 1. The van der Waals surface area contributed by atoms with Gasteiger partial charge in [0.15, 0.2) is 0 Å². The zero-order valence-corrected chi connectivity index (χ0v) is 9.49. The number of aryl methyl sites for hydroxylation is 1. The maximum Gasteiger partial charge on any atom is 0.262 e. The first-order valence-electron chi connectivity index (χ1n) is 5.13. The molecule has 0 amide bonds. The van der Waals surface area contributed by atoms with Gasteiger partial charge in [0.05, 0.1) is 4.47 Å². The van der Waals surface area contributed by atoms with E-state index in [1.165, 1.54) is 36.9 Å². The lowest BCUT2D eigenvalue weighted by Gasteiger charge is -2.39. The number of aromatic nitrogens is 1. The molecule has 0 saturated heterocycles. The third kappa shape index (κ3) is 0.991. The maximum atomic E-state index is 11.4. The average molecular weight is 254 g/mol. The largest absolute Gasteiger partial charge is 0.325 e. The van der Waals surface area contributed by atoms with E-state index in [-0.39, 0.29) is 5.56 Å². The van der Waals surface area contributed by atoms with Crippen LogP contribution < -0.4 is 5.56 Å². The smallest absolute Gasteiger partial charge is 0.262 e. The predicted octanol–water partition coefficient (Wildman–Crippen LogP) is 2.51. The number of rotatable bonds is 0. The molecule has 0 unspecified atom stereocenters. The van der Waals surface area contributed by atoms with Gasteiger partial charge in [-0.2, -0.15) is 0 Å². The highest BCUT2D eigenvalue weighted by molar-refractivity contribution is 9.10. The Kier molecular flexibility index (Phi) is 1.69. The van der Waals surface area contributed by atoms with Crippen LogP contribution in [0.1, 0.15) is 36.9 Å². The molecule has 1 spiro atoms. The van der Waals surface area contributed by atoms with Gasteiger partial charge in [0.25, 0.3) is 5.56 Å². The van der Waals surface area contributed by atoms with Crippen LogP contribution in [0.5, 0.6) is 0 Å². The lowest BCUT2D eigenvalue weighted by atomic mass is 9.65. The maximum absolute atomic E-state index is 11.4. The highest BCUT2D eigenvalue weighted by atomic mass is 79.9. The quantitative estimate of drug-likeness (QED) is 0.758. The number of aromatic amines is 1. The second kappa shape index (κ2) is 2.72. The standard InChI is InChI=1S/C11H12BrNO/c12-8-6-7-9(13-10(8)14)2-5-11(7)3-1-4-11/h6H,1-5H2,(H,13,14). The van der Waals surface area contributed by atoms with Crippen LogP contribution in [0.4, 0.5) is 0 Å². The van der Waals surface area contributed by atoms with Crippen LogP contribution in [0.15, 0.2) is 15.3 Å². The summed E-state index contributed by atoms with van der Waals surface area (Å²) in [5.41, 5.74) is 3.02. The van der Waals surface area contributed by atoms with E-state index in [2.05, 4.69) is 20.9 Å². The van der Waals surface area contributed by atoms with E-state index in [1.54, 1.807) is 0 Å². The van der Waals surface area contributed by atoms with Crippen molar-refractivity contribution in [3.05, 3.63) is 32.2 Å². The fourth-order valence-corrected chi connectivity index (χ4v) is 3.16. The molecule has 2 aliphatic rings. The van der Waals surface area contributed by atoms with Gasteiger partial charge in [-0.25, -0.2) is 0 Å². The third-order valence-corrected chi connectivity index (χ3v) is 4.40. The first-order valence-corrected chi connectivity index (χ1v) is 5.93. The van der Waals surface area contributed by atoms with Crippen molar-refractivity contribution in [2.24, 2.45) is 0 Å². The van der Waals surface area contributed by atoms with Crippen molar-refractivity contribution >= 4 is 15.9 Å². The fourth-order valence-electron chi connectivity index (χ4n) is 2.84. The van der Waals surface area contributed by atoms with Gasteiger partial charge in [0.2, 0.25) is 0 Å². The minimum absolute atomic E-state index is 0.0140. The molecule has 0 radical (unpaired) electrons. The van der Waals surface area contributed by atoms with Crippen LogP contribution in [0.25, 0.3) is 0 Å². The highest BCUT2D eigenvalue weighted by Crippen LogP contribution is 2.51. The van der Waals surface area contributed by atoms with Crippen LogP contribution in [0.3, 0.4) is 0 Å². The Bertz CT molecular complexity index is 445. The molecular weight excluding hydrogens is 242 g/mol. The number of hydrogen-bond donors (Lipinski definition) is 1. The Hall–Kier alpha value is -0.570. The molecule has 1 heterocycles. The van der Waals surface area contributed by atoms with Crippen LogP contribution in [0.2, 0.25) is 0 Å². The molecule has 0 aromatic carbocycles. The molecule has 14 heavy (non-hydrogen) atoms. The SMILES string of the molecule is O=c1[nH]c2c(cc1Br)C1(CCC1)CC2. The molecule has 3 rings (SSSR count). The summed E-state index contributed by atoms with van der Waals surface area (Å²) in [5.74, 6) is 0. The van der Waals surface area contributed by atoms with E-state index in [1.807, 2.05) is 6.07 Å². The monoisotopic (exact) mass is 253 g/mol. The summed E-state index contributed by atoms with van der Waals surface area (Å²) in [4.78, 5) is 14.4. The molecule has 3 heteroatoms. The zero-order chi connectivity index (χ0) is 9.76. The third-order valence-electron chi connectivity index (χ3n) is 3.81. The Morgan fingerprint density at radius 3 is 2.79 bits per heavy atom. The van der Waals surface area contributed by atoms with Crippen molar-refractivity contribution in [2.45, 2.75) is 37.5 Å². The van der Waals surface area contributed by atoms with Gasteiger partial charge < -0.3 is 4.98 Å². The topological polar surface area (TPSA) is 32.9 Å². The number of fused-ring (bicyclic) bond motifs is 2. The van der Waals surface area contributed by atoms with Crippen molar-refractivity contribution in [1.82, 2.24) is 4.98 Å². The summed E-state index contributed by atoms with van der Waals surface area (Å²) in [6.45, 7) is 0. The van der Waals surface area contributed by atoms with Crippen LogP contribution in [-0.2, 0) is 11.8 Å². The second-order valence-corrected chi connectivity index (χ2v) is 5.33. The van der Waals surface area contributed by atoms with E-state index in [9.17, 15) is 4.79 Å². The molecule has 1 fully saturated rings. The Morgan fingerprint density at radius 1 is 1.36 bits per heavy atom. The number of hydrogen-bond acceptors (Lipinski definition) is 1. The van der Waals surface area contributed by atoms with Crippen molar-refractivity contribution in [2.75, 3.05) is 0 Å². The Balaban J connectivity index is 2.20. The predicted molar refractivity (Wildman–Crippen MR) is 58.6 cm³/mol. The van der Waals surface area contributed by atoms with E-state index in [4.69, 9.17) is 0 Å². The summed E-state index contributed by atoms with van der Waals surface area (Å²) in [7, 11) is 0. The van der Waals surface area contributed by atoms with Crippen LogP contribution in [0, 0.1) is 0 Å². The number of halogens is 1. The molecule has 1 saturated carbocycles. The van der Waals surface area contributed by atoms with Gasteiger partial charge in [-0.15, -0.1) is 0 Å². The number of pyridine rings is 1. The average Bonchev–Trinajstić information content (AvgIpc) is 2.44. The molecule has 1 aromatic heterocycles. The van der Waals surface area contributed by atoms with E-state index in [0.29, 0.717) is 9.89 Å². The first-order chi connectivity index (χ1) is 6.71. The molecule has 1 N–H and O–H groups in total. The normalized spacial score (nSPS) is 22.1. The van der Waals surface area contributed by atoms with Crippen LogP contribution >= 0.6 is 15.9 Å². The second-order valence-electron chi connectivity index (χ2n) is 4.47. The summed E-state index contributed by atoms with van der Waals surface area (Å²) < 4.78 is 0.685. The highest BCUT2D eigenvalue weighted by Gasteiger charge is 2.44. The summed E-state index contributed by atoms with van der Waals surface area (Å²) >= 11 is 3.31. The van der Waals surface area contributed by atoms with Crippen LogP contribution in [-0.4, -0.2) is 4.98 Å². The molecular formula is C11H12BrNO. The van der Waals surface area contributed by atoms with Gasteiger partial charge in [0.1, 0.15) is 0 Å². The fraction of sp³-hybridized carbons (Fsp3) is 0.545. The van der Waals surface area contributed by atoms with Crippen molar-refractivity contribution in [3.63, 3.8) is 0 Å². The number of H-pyrrole nitrogens is 1. The molecule has 1 aromatic rings. The summed E-state index contributed by atoms with van der Waals surface area (Å²) in [6.07, 6.45) is 6.24. The lowest BCUT2D eigenvalue weighted by molar-refractivity contribution is 0.243. The Labute approximate surface area is 90.9 Å². The van der Waals surface area contributed by atoms with Gasteiger partial charge in [0, 0.05) is 5.69 Å². The van der Waals surface area contributed by atoms with Crippen molar-refractivity contribution in [1.29, 1.82) is 0 Å². The van der Waals surface area contributed by atoms with Gasteiger partial charge >= 0.3 is 0 Å². The van der Waals surface area contributed by atoms with Gasteiger partial charge in [-0.1, -0.05) is 6.42 Å². The molecule has 2 nitrogen and oxygen atoms in total. The van der Waals surface area contributed by atoms with Crippen molar-refractivity contribution in [3.8, 4) is 0 Å².